The number of benzene rings is 1. The molecule has 2 fully saturated rings. The number of pyridine rings is 1. The summed E-state index contributed by atoms with van der Waals surface area (Å²) < 4.78 is 25.0. The van der Waals surface area contributed by atoms with Crippen LogP contribution in [-0.4, -0.2) is 53.6 Å². The van der Waals surface area contributed by atoms with Crippen LogP contribution in [0.4, 0.5) is 27.5 Å². The highest BCUT2D eigenvalue weighted by Crippen LogP contribution is 2.40. The summed E-state index contributed by atoms with van der Waals surface area (Å²) in [5.41, 5.74) is 6.07. The Morgan fingerprint density at radius 1 is 1.15 bits per heavy atom. The normalized spacial score (nSPS) is 19.9. The molecule has 11 heteroatoms. The Balaban J connectivity index is 1.20. The monoisotopic (exact) mass is 483 g/mol. The lowest BCUT2D eigenvalue weighted by Gasteiger charge is -2.27. The Labute approximate surface area is 201 Å². The third-order valence-corrected chi connectivity index (χ3v) is 5.65. The molecule has 176 valence electrons. The van der Waals surface area contributed by atoms with E-state index in [1.54, 1.807) is 6.20 Å². The molecule has 0 aliphatic carbocycles. The van der Waals surface area contributed by atoms with E-state index in [-0.39, 0.29) is 24.0 Å². The molecule has 2 N–H and O–H groups in total. The zero-order valence-electron chi connectivity index (χ0n) is 18.4. The highest BCUT2D eigenvalue weighted by molar-refractivity contribution is 6.31. The van der Waals surface area contributed by atoms with Gasteiger partial charge in [0.25, 0.3) is 0 Å². The van der Waals surface area contributed by atoms with Crippen molar-refractivity contribution in [3.05, 3.63) is 64.8 Å². The Morgan fingerprint density at radius 3 is 2.71 bits per heavy atom. The van der Waals surface area contributed by atoms with E-state index in [1.807, 2.05) is 42.2 Å². The average molecular weight is 484 g/mol. The molecule has 0 spiro atoms. The average Bonchev–Trinajstić information content (AvgIpc) is 3.58. The third-order valence-electron chi connectivity index (χ3n) is 5.43. The van der Waals surface area contributed by atoms with Gasteiger partial charge in [-0.05, 0) is 42.8 Å². The fourth-order valence-corrected chi connectivity index (χ4v) is 3.92. The minimum Gasteiger partial charge on any atom is -0.378 e. The van der Waals surface area contributed by atoms with Crippen LogP contribution < -0.4 is 15.6 Å². The second kappa shape index (κ2) is 9.88. The van der Waals surface area contributed by atoms with Gasteiger partial charge in [0, 0.05) is 23.8 Å². The maximum absolute atomic E-state index is 14.1. The molecule has 2 atom stereocenters. The zero-order valence-corrected chi connectivity index (χ0v) is 19.2. The number of hydrazone groups is 1. The minimum absolute atomic E-state index is 0.0958. The molecular weight excluding hydrogens is 461 g/mol. The molecule has 1 aromatic carbocycles. The molecule has 0 amide bonds. The Kier molecular flexibility index (Phi) is 6.52. The van der Waals surface area contributed by atoms with Gasteiger partial charge in [0.2, 0.25) is 5.95 Å². The number of aromatic nitrogens is 3. The van der Waals surface area contributed by atoms with Gasteiger partial charge in [-0.2, -0.15) is 10.1 Å². The van der Waals surface area contributed by atoms with Crippen LogP contribution in [-0.2, 0) is 9.47 Å². The highest BCUT2D eigenvalue weighted by atomic mass is 35.5. The molecule has 2 aliphatic rings. The van der Waals surface area contributed by atoms with Crippen molar-refractivity contribution in [1.29, 1.82) is 0 Å². The summed E-state index contributed by atoms with van der Waals surface area (Å²) >= 11 is 6.26. The summed E-state index contributed by atoms with van der Waals surface area (Å²) in [7, 11) is 0. The maximum Gasteiger partial charge on any atom is 0.245 e. The number of nitrogens with one attached hydrogen (secondary N) is 2. The molecule has 5 rings (SSSR count). The molecule has 9 nitrogen and oxygen atoms in total. The van der Waals surface area contributed by atoms with Crippen LogP contribution in [0.5, 0.6) is 0 Å². The molecule has 2 saturated heterocycles. The van der Waals surface area contributed by atoms with Crippen molar-refractivity contribution in [3.8, 4) is 0 Å². The lowest BCUT2D eigenvalue weighted by atomic mass is 10.1. The predicted molar refractivity (Wildman–Crippen MR) is 128 cm³/mol. The molecule has 2 aromatic heterocycles. The number of hydrogen-bond donors (Lipinski definition) is 2. The van der Waals surface area contributed by atoms with Crippen molar-refractivity contribution < 1.29 is 13.9 Å². The van der Waals surface area contributed by atoms with Gasteiger partial charge in [-0.15, -0.1) is 0 Å². The lowest BCUT2D eigenvalue weighted by molar-refractivity contribution is 0.122. The van der Waals surface area contributed by atoms with Crippen molar-refractivity contribution in [2.75, 3.05) is 41.9 Å². The summed E-state index contributed by atoms with van der Waals surface area (Å²) in [6.07, 6.45) is 4.67. The summed E-state index contributed by atoms with van der Waals surface area (Å²) in [5, 5.41) is 8.06. The largest absolute Gasteiger partial charge is 0.378 e. The Bertz CT molecular complexity index is 1190. The first-order chi connectivity index (χ1) is 16.5. The summed E-state index contributed by atoms with van der Waals surface area (Å²) in [6.45, 7) is 4.25. The van der Waals surface area contributed by atoms with Gasteiger partial charge >= 0.3 is 0 Å². The molecule has 4 heterocycles. The van der Waals surface area contributed by atoms with E-state index in [0.29, 0.717) is 37.0 Å². The Morgan fingerprint density at radius 2 is 1.97 bits per heavy atom. The molecule has 1 unspecified atom stereocenters. The quantitative estimate of drug-likeness (QED) is 0.294. The molecule has 0 radical (unpaired) electrons. The van der Waals surface area contributed by atoms with Gasteiger partial charge in [0.15, 0.2) is 11.6 Å². The molecular formula is C23H23ClFN7O2. The van der Waals surface area contributed by atoms with Crippen LogP contribution in [0, 0.1) is 5.82 Å². The summed E-state index contributed by atoms with van der Waals surface area (Å²) in [5.74, 6) is -0.0493. The number of rotatable bonds is 7. The number of anilines is 4. The van der Waals surface area contributed by atoms with Gasteiger partial charge in [-0.1, -0.05) is 11.6 Å². The van der Waals surface area contributed by atoms with Crippen LogP contribution in [0.25, 0.3) is 0 Å². The van der Waals surface area contributed by atoms with Crippen molar-refractivity contribution in [3.63, 3.8) is 0 Å². The highest BCUT2D eigenvalue weighted by Gasteiger charge is 2.36. The number of hydrogen-bond acceptors (Lipinski definition) is 9. The first-order valence-corrected chi connectivity index (χ1v) is 11.3. The zero-order chi connectivity index (χ0) is 23.5. The second-order valence-corrected chi connectivity index (χ2v) is 8.40. The van der Waals surface area contributed by atoms with Crippen molar-refractivity contribution in [2.24, 2.45) is 5.10 Å². The van der Waals surface area contributed by atoms with E-state index >= 15 is 0 Å². The van der Waals surface area contributed by atoms with Crippen molar-refractivity contribution in [2.45, 2.75) is 19.1 Å². The van der Waals surface area contributed by atoms with Crippen LogP contribution in [0.15, 0.2) is 47.8 Å². The van der Waals surface area contributed by atoms with Crippen LogP contribution >= 0.6 is 11.6 Å². The predicted octanol–water partition coefficient (Wildman–Crippen LogP) is 4.15. The van der Waals surface area contributed by atoms with E-state index in [1.165, 1.54) is 6.21 Å². The van der Waals surface area contributed by atoms with Crippen LogP contribution in [0.1, 0.15) is 24.3 Å². The smallest absolute Gasteiger partial charge is 0.245 e. The van der Waals surface area contributed by atoms with E-state index in [2.05, 4.69) is 30.8 Å². The topological polar surface area (TPSA) is 100 Å². The van der Waals surface area contributed by atoms with Gasteiger partial charge in [0.05, 0.1) is 49.3 Å². The lowest BCUT2D eigenvalue weighted by Crippen LogP contribution is -2.37. The molecule has 0 bridgehead atoms. The molecule has 2 aliphatic heterocycles. The van der Waals surface area contributed by atoms with E-state index in [9.17, 15) is 4.39 Å². The van der Waals surface area contributed by atoms with Gasteiger partial charge in [-0.3, -0.25) is 4.98 Å². The standard InChI is InChI=1S/C23H23ClFN7O2/c1-14-21(34-14)15-8-16(24)10-19(9-15)29-18-3-2-17(26-11-18)12-28-31-23-27-13-20(25)22(30-23)32-4-6-33-7-5-32/h2-3,8-14,21,29H,4-7H2,1H3,(H,27,30,31)/b28-12+/t14?,21-/m0/s1. The molecule has 3 aromatic rings. The fourth-order valence-electron chi connectivity index (χ4n) is 3.67. The SMILES string of the molecule is CC1O[C@@H]1c1cc(Cl)cc(Nc2ccc(/C=N/Nc3ncc(F)c(N4CCOCC4)n3)nc2)c1. The van der Waals surface area contributed by atoms with Crippen molar-refractivity contribution >= 4 is 41.0 Å². The van der Waals surface area contributed by atoms with Crippen LogP contribution in [0.2, 0.25) is 5.02 Å². The molecule has 0 saturated carbocycles. The van der Waals surface area contributed by atoms with Gasteiger partial charge < -0.3 is 19.7 Å². The first kappa shape index (κ1) is 22.5. The third kappa shape index (κ3) is 5.41. The summed E-state index contributed by atoms with van der Waals surface area (Å²) in [6, 6.07) is 9.49. The number of nitrogens with zero attached hydrogens (tertiary/aromatic N) is 5. The molecule has 34 heavy (non-hydrogen) atoms. The van der Waals surface area contributed by atoms with Crippen molar-refractivity contribution in [1.82, 2.24) is 15.0 Å². The number of morpholine rings is 1. The van der Waals surface area contributed by atoms with Gasteiger partial charge in [0.1, 0.15) is 6.10 Å². The van der Waals surface area contributed by atoms with E-state index < -0.39 is 5.82 Å². The Hall–Kier alpha value is -3.34. The van der Waals surface area contributed by atoms with Gasteiger partial charge in [-0.25, -0.2) is 14.8 Å². The number of epoxide rings is 1. The number of halogens is 2. The fraction of sp³-hybridized carbons (Fsp3) is 0.304. The van der Waals surface area contributed by atoms with Crippen LogP contribution in [0.3, 0.4) is 0 Å². The maximum atomic E-state index is 14.1. The second-order valence-electron chi connectivity index (χ2n) is 7.97. The first-order valence-electron chi connectivity index (χ1n) is 10.9. The minimum atomic E-state index is -0.479. The number of ether oxygens (including phenoxy) is 2. The van der Waals surface area contributed by atoms with E-state index in [0.717, 1.165) is 23.1 Å². The van der Waals surface area contributed by atoms with E-state index in [4.69, 9.17) is 21.1 Å². The summed E-state index contributed by atoms with van der Waals surface area (Å²) in [4.78, 5) is 14.4.